The lowest BCUT2D eigenvalue weighted by atomic mass is 9.98. The number of nitrogens with zero attached hydrogens (tertiary/aromatic N) is 2. The molecule has 0 radical (unpaired) electrons. The minimum absolute atomic E-state index is 0.146. The van der Waals surface area contributed by atoms with Gasteiger partial charge in [-0.05, 0) is 69.4 Å². The molecule has 0 saturated carbocycles. The first kappa shape index (κ1) is 23.8. The number of carbonyl (C=O) groups excluding carboxylic acids is 1. The van der Waals surface area contributed by atoms with E-state index in [1.807, 2.05) is 87.7 Å². The fourth-order valence-electron chi connectivity index (χ4n) is 4.76. The Morgan fingerprint density at radius 1 is 0.972 bits per heavy atom. The molecule has 0 fully saturated rings. The first-order valence-electron chi connectivity index (χ1n) is 12.2. The summed E-state index contributed by atoms with van der Waals surface area (Å²) in [5, 5.41) is 0.504. The van der Waals surface area contributed by atoms with Gasteiger partial charge in [-0.2, -0.15) is 0 Å². The van der Waals surface area contributed by atoms with Gasteiger partial charge in [0.1, 0.15) is 17.9 Å². The Hall–Kier alpha value is -3.90. The topological polar surface area (TPSA) is 63.0 Å². The molecule has 0 unspecified atom stereocenters. The standard InChI is InChI=1S/C30H30N2O4/c1-20-10-15-25-24(18-20)28(33)26-27(32(17-7-16-31(2)3)30(34)29(26)36-25)22-11-13-23(14-12-22)35-19-21-8-5-4-6-9-21/h4-6,8-15,18,27H,7,16-17,19H2,1-3H3/t27-/m0/s1. The second-order valence-electron chi connectivity index (χ2n) is 9.57. The smallest absolute Gasteiger partial charge is 0.290 e. The van der Waals surface area contributed by atoms with E-state index in [-0.39, 0.29) is 17.1 Å². The molecule has 36 heavy (non-hydrogen) atoms. The van der Waals surface area contributed by atoms with Crippen molar-refractivity contribution in [2.75, 3.05) is 27.2 Å². The van der Waals surface area contributed by atoms with Crippen molar-refractivity contribution in [2.45, 2.75) is 26.0 Å². The maximum Gasteiger partial charge on any atom is 0.290 e. The van der Waals surface area contributed by atoms with Crippen LogP contribution in [-0.4, -0.2) is 42.9 Å². The van der Waals surface area contributed by atoms with E-state index < -0.39 is 6.04 Å². The zero-order valence-corrected chi connectivity index (χ0v) is 20.9. The third kappa shape index (κ3) is 4.64. The van der Waals surface area contributed by atoms with Crippen LogP contribution in [0.5, 0.6) is 5.75 Å². The van der Waals surface area contributed by atoms with Crippen molar-refractivity contribution in [3.63, 3.8) is 0 Å². The largest absolute Gasteiger partial charge is 0.489 e. The molecule has 0 N–H and O–H groups in total. The molecule has 0 spiro atoms. The summed E-state index contributed by atoms with van der Waals surface area (Å²) in [6.07, 6.45) is 0.786. The lowest BCUT2D eigenvalue weighted by molar-refractivity contribution is 0.0722. The molecular weight excluding hydrogens is 452 g/mol. The first-order valence-corrected chi connectivity index (χ1v) is 12.2. The molecule has 5 rings (SSSR count). The van der Waals surface area contributed by atoms with Gasteiger partial charge in [-0.25, -0.2) is 0 Å². The lowest BCUT2D eigenvalue weighted by Crippen LogP contribution is -2.32. The van der Waals surface area contributed by atoms with Crippen LogP contribution >= 0.6 is 0 Å². The Balaban J connectivity index is 1.50. The highest BCUT2D eigenvalue weighted by atomic mass is 16.5. The van der Waals surface area contributed by atoms with E-state index in [2.05, 4.69) is 4.90 Å². The van der Waals surface area contributed by atoms with Crippen LogP contribution in [0.15, 0.2) is 82.0 Å². The molecular formula is C30H30N2O4. The van der Waals surface area contributed by atoms with Gasteiger partial charge >= 0.3 is 0 Å². The van der Waals surface area contributed by atoms with E-state index in [1.54, 1.807) is 11.0 Å². The minimum atomic E-state index is -0.501. The van der Waals surface area contributed by atoms with Gasteiger partial charge in [0, 0.05) is 6.54 Å². The number of carbonyl (C=O) groups is 1. The Bertz CT molecular complexity index is 1440. The maximum atomic E-state index is 13.7. The zero-order valence-electron chi connectivity index (χ0n) is 20.9. The van der Waals surface area contributed by atoms with Crippen LogP contribution < -0.4 is 10.2 Å². The molecule has 0 aliphatic carbocycles. The molecule has 2 heterocycles. The number of aryl methyl sites for hydroxylation is 1. The average molecular weight is 483 g/mol. The molecule has 3 aromatic carbocycles. The van der Waals surface area contributed by atoms with Crippen LogP contribution in [0.25, 0.3) is 11.0 Å². The van der Waals surface area contributed by atoms with Crippen molar-refractivity contribution in [3.05, 3.63) is 111 Å². The summed E-state index contributed by atoms with van der Waals surface area (Å²) in [7, 11) is 4.01. The van der Waals surface area contributed by atoms with Crippen molar-refractivity contribution in [3.8, 4) is 5.75 Å². The number of hydrogen-bond donors (Lipinski definition) is 0. The van der Waals surface area contributed by atoms with Crippen LogP contribution in [-0.2, 0) is 6.61 Å². The Labute approximate surface area is 210 Å². The van der Waals surface area contributed by atoms with Crippen LogP contribution in [0, 0.1) is 6.92 Å². The highest BCUT2D eigenvalue weighted by Gasteiger charge is 2.42. The fourth-order valence-corrected chi connectivity index (χ4v) is 4.76. The number of hydrogen-bond acceptors (Lipinski definition) is 5. The monoisotopic (exact) mass is 482 g/mol. The summed E-state index contributed by atoms with van der Waals surface area (Å²) in [4.78, 5) is 31.0. The van der Waals surface area contributed by atoms with Gasteiger partial charge in [0.2, 0.25) is 5.76 Å². The highest BCUT2D eigenvalue weighted by molar-refractivity contribution is 5.99. The highest BCUT2D eigenvalue weighted by Crippen LogP contribution is 2.38. The quantitative estimate of drug-likeness (QED) is 0.346. The Kier molecular flexibility index (Phi) is 6.61. The third-order valence-electron chi connectivity index (χ3n) is 6.57. The summed E-state index contributed by atoms with van der Waals surface area (Å²) in [6.45, 7) is 3.77. The second kappa shape index (κ2) is 9.99. The van der Waals surface area contributed by atoms with Gasteiger partial charge in [-0.15, -0.1) is 0 Å². The van der Waals surface area contributed by atoms with Crippen molar-refractivity contribution >= 4 is 16.9 Å². The van der Waals surface area contributed by atoms with Crippen molar-refractivity contribution in [2.24, 2.45) is 0 Å². The summed E-state index contributed by atoms with van der Waals surface area (Å²) >= 11 is 0. The number of amides is 1. The van der Waals surface area contributed by atoms with E-state index in [0.717, 1.165) is 35.4 Å². The number of rotatable bonds is 8. The molecule has 6 heteroatoms. The van der Waals surface area contributed by atoms with E-state index in [1.165, 1.54) is 0 Å². The van der Waals surface area contributed by atoms with Gasteiger partial charge in [-0.3, -0.25) is 9.59 Å². The van der Waals surface area contributed by atoms with Crippen molar-refractivity contribution in [1.29, 1.82) is 0 Å². The fraction of sp³-hybridized carbons (Fsp3) is 0.267. The lowest BCUT2D eigenvalue weighted by Gasteiger charge is -2.26. The molecule has 4 aromatic rings. The predicted octanol–water partition coefficient (Wildman–Crippen LogP) is 5.18. The van der Waals surface area contributed by atoms with Gasteiger partial charge in [0.15, 0.2) is 5.43 Å². The van der Waals surface area contributed by atoms with E-state index in [4.69, 9.17) is 9.15 Å². The van der Waals surface area contributed by atoms with E-state index in [0.29, 0.717) is 29.7 Å². The summed E-state index contributed by atoms with van der Waals surface area (Å²) < 4.78 is 12.0. The molecule has 1 aliphatic rings. The van der Waals surface area contributed by atoms with Crippen LogP contribution in [0.3, 0.4) is 0 Å². The van der Waals surface area contributed by atoms with Crippen molar-refractivity contribution in [1.82, 2.24) is 9.80 Å². The van der Waals surface area contributed by atoms with E-state index in [9.17, 15) is 9.59 Å². The first-order chi connectivity index (χ1) is 17.4. The SMILES string of the molecule is Cc1ccc2oc3c(c(=O)c2c1)[C@H](c1ccc(OCc2ccccc2)cc1)N(CCCN(C)C)C3=O. The number of ether oxygens (including phenoxy) is 1. The van der Waals surface area contributed by atoms with Crippen LogP contribution in [0.2, 0.25) is 0 Å². The Morgan fingerprint density at radius 3 is 2.44 bits per heavy atom. The summed E-state index contributed by atoms with van der Waals surface area (Å²) in [5.41, 5.74) is 3.63. The normalized spacial score (nSPS) is 15.1. The minimum Gasteiger partial charge on any atom is -0.489 e. The number of fused-ring (bicyclic) bond motifs is 2. The van der Waals surface area contributed by atoms with E-state index >= 15 is 0 Å². The molecule has 1 atom stereocenters. The third-order valence-corrected chi connectivity index (χ3v) is 6.57. The molecule has 0 bridgehead atoms. The maximum absolute atomic E-state index is 13.7. The predicted molar refractivity (Wildman–Crippen MR) is 140 cm³/mol. The second-order valence-corrected chi connectivity index (χ2v) is 9.57. The summed E-state index contributed by atoms with van der Waals surface area (Å²) in [6, 6.07) is 22.6. The van der Waals surface area contributed by atoms with Gasteiger partial charge < -0.3 is 19.0 Å². The Morgan fingerprint density at radius 2 is 1.72 bits per heavy atom. The molecule has 6 nitrogen and oxygen atoms in total. The molecule has 1 amide bonds. The number of benzene rings is 3. The molecule has 1 aromatic heterocycles. The van der Waals surface area contributed by atoms with Crippen LogP contribution in [0.4, 0.5) is 0 Å². The molecule has 1 aliphatic heterocycles. The zero-order chi connectivity index (χ0) is 25.2. The van der Waals surface area contributed by atoms with Crippen LogP contribution in [0.1, 0.15) is 45.3 Å². The molecule has 0 saturated heterocycles. The van der Waals surface area contributed by atoms with Crippen molar-refractivity contribution < 1.29 is 13.9 Å². The molecule has 184 valence electrons. The van der Waals surface area contributed by atoms with Gasteiger partial charge in [-0.1, -0.05) is 54.1 Å². The average Bonchev–Trinajstić information content (AvgIpc) is 3.16. The van der Waals surface area contributed by atoms with Gasteiger partial charge in [0.25, 0.3) is 5.91 Å². The summed E-state index contributed by atoms with van der Waals surface area (Å²) in [5.74, 6) is 0.640. The van der Waals surface area contributed by atoms with Gasteiger partial charge in [0.05, 0.1) is 17.0 Å².